The molecule has 0 radical (unpaired) electrons. The second kappa shape index (κ2) is 10.9. The highest BCUT2D eigenvalue weighted by Gasteiger charge is 2.20. The number of rotatable bonds is 9. The summed E-state index contributed by atoms with van der Waals surface area (Å²) in [5.74, 6) is 1.64. The molecule has 6 nitrogen and oxygen atoms in total. The molecule has 0 fully saturated rings. The summed E-state index contributed by atoms with van der Waals surface area (Å²) in [5.41, 5.74) is 3.91. The molecule has 0 saturated carbocycles. The zero-order valence-corrected chi connectivity index (χ0v) is 20.7. The van der Waals surface area contributed by atoms with Crippen LogP contribution in [0.25, 0.3) is 0 Å². The van der Waals surface area contributed by atoms with Gasteiger partial charge < -0.3 is 14.6 Å². The van der Waals surface area contributed by atoms with Crippen LogP contribution in [0.5, 0.6) is 5.75 Å². The van der Waals surface area contributed by atoms with Gasteiger partial charge in [0, 0.05) is 17.3 Å². The number of halogens is 1. The minimum absolute atomic E-state index is 0.0699. The second-order valence-corrected chi connectivity index (χ2v) is 8.88. The van der Waals surface area contributed by atoms with Crippen LogP contribution < -0.4 is 10.1 Å². The Morgan fingerprint density at radius 3 is 2.53 bits per heavy atom. The number of amides is 1. The Morgan fingerprint density at radius 1 is 1.19 bits per heavy atom. The lowest BCUT2D eigenvalue weighted by Gasteiger charge is -2.17. The lowest BCUT2D eigenvalue weighted by Crippen LogP contribution is -2.16. The predicted molar refractivity (Wildman–Crippen MR) is 131 cm³/mol. The largest absolute Gasteiger partial charge is 0.483 e. The summed E-state index contributed by atoms with van der Waals surface area (Å²) in [5, 5.41) is 13.1. The molecule has 1 aromatic heterocycles. The van der Waals surface area contributed by atoms with E-state index in [9.17, 15) is 4.79 Å². The number of aromatic nitrogens is 3. The van der Waals surface area contributed by atoms with E-state index in [4.69, 9.17) is 16.3 Å². The maximum Gasteiger partial charge on any atom is 0.234 e. The number of hydrogen-bond donors (Lipinski definition) is 1. The van der Waals surface area contributed by atoms with E-state index in [2.05, 4.69) is 22.4 Å². The van der Waals surface area contributed by atoms with Gasteiger partial charge in [-0.2, -0.15) is 0 Å². The number of nitrogens with zero attached hydrogens (tertiary/aromatic N) is 3. The molecule has 8 heteroatoms. The first-order chi connectivity index (χ1) is 15.3. The third-order valence-corrected chi connectivity index (χ3v) is 6.72. The molecule has 1 unspecified atom stereocenters. The number of carbonyl (C=O) groups excluding carboxylic acids is 1. The quantitative estimate of drug-likeness (QED) is 0.386. The van der Waals surface area contributed by atoms with E-state index in [1.165, 1.54) is 11.8 Å². The monoisotopic (exact) mass is 472 g/mol. The van der Waals surface area contributed by atoms with Crippen molar-refractivity contribution in [1.82, 2.24) is 14.8 Å². The van der Waals surface area contributed by atoms with Crippen LogP contribution in [0.4, 0.5) is 5.69 Å². The zero-order chi connectivity index (χ0) is 23.3. The normalized spacial score (nSPS) is 11.9. The molecule has 170 valence electrons. The maximum absolute atomic E-state index is 12.5. The van der Waals surface area contributed by atoms with Gasteiger partial charge in [0.2, 0.25) is 5.91 Å². The summed E-state index contributed by atoms with van der Waals surface area (Å²) >= 11 is 7.63. The Morgan fingerprint density at radius 2 is 1.88 bits per heavy atom. The van der Waals surface area contributed by atoms with Gasteiger partial charge in [-0.05, 0) is 69.0 Å². The number of thioether (sulfide) groups is 1. The fourth-order valence-corrected chi connectivity index (χ4v) is 4.42. The molecule has 2 aromatic carbocycles. The van der Waals surface area contributed by atoms with Crippen LogP contribution in [0.3, 0.4) is 0 Å². The molecular weight excluding hydrogens is 444 g/mol. The minimum Gasteiger partial charge on any atom is -0.483 e. The zero-order valence-electron chi connectivity index (χ0n) is 19.1. The average molecular weight is 473 g/mol. The summed E-state index contributed by atoms with van der Waals surface area (Å²) in [6.07, 6.45) is 0.559. The fraction of sp³-hybridized carbons (Fsp3) is 0.375. The lowest BCUT2D eigenvalue weighted by atomic mass is 10.1. The molecule has 1 atom stereocenters. The van der Waals surface area contributed by atoms with Gasteiger partial charge in [-0.15, -0.1) is 10.2 Å². The Balaban J connectivity index is 1.67. The molecule has 0 aliphatic heterocycles. The minimum atomic E-state index is -0.304. The highest BCUT2D eigenvalue weighted by Crippen LogP contribution is 2.30. The van der Waals surface area contributed by atoms with Gasteiger partial charge in [-0.3, -0.25) is 4.79 Å². The van der Waals surface area contributed by atoms with Gasteiger partial charge >= 0.3 is 0 Å². The number of para-hydroxylation sites is 1. The van der Waals surface area contributed by atoms with Crippen molar-refractivity contribution in [2.24, 2.45) is 0 Å². The van der Waals surface area contributed by atoms with Gasteiger partial charge in [-0.25, -0.2) is 0 Å². The SMILES string of the molecule is CCc1ccccc1NC(=O)CSc1nnc(C(C)Oc2cc(C)c(Cl)c(C)c2)n1CC. The highest BCUT2D eigenvalue weighted by molar-refractivity contribution is 7.99. The topological polar surface area (TPSA) is 69.0 Å². The van der Waals surface area contributed by atoms with Crippen LogP contribution >= 0.6 is 23.4 Å². The van der Waals surface area contributed by atoms with Crippen molar-refractivity contribution in [1.29, 1.82) is 0 Å². The molecule has 0 aliphatic carbocycles. The first kappa shape index (κ1) is 24.1. The van der Waals surface area contributed by atoms with Crippen LogP contribution in [0, 0.1) is 13.8 Å². The number of benzene rings is 2. The van der Waals surface area contributed by atoms with Gasteiger partial charge in [0.25, 0.3) is 0 Å². The Labute approximate surface area is 198 Å². The van der Waals surface area contributed by atoms with E-state index in [1.807, 2.05) is 68.7 Å². The van der Waals surface area contributed by atoms with Crippen LogP contribution in [-0.4, -0.2) is 26.4 Å². The lowest BCUT2D eigenvalue weighted by molar-refractivity contribution is -0.113. The van der Waals surface area contributed by atoms with Crippen molar-refractivity contribution in [3.05, 3.63) is 63.9 Å². The van der Waals surface area contributed by atoms with Crippen molar-refractivity contribution >= 4 is 35.0 Å². The molecule has 1 amide bonds. The van der Waals surface area contributed by atoms with E-state index in [0.29, 0.717) is 11.7 Å². The molecule has 1 heterocycles. The fourth-order valence-electron chi connectivity index (χ4n) is 3.50. The number of carbonyl (C=O) groups is 1. The molecular formula is C24H29ClN4O2S. The van der Waals surface area contributed by atoms with E-state index >= 15 is 0 Å². The Hall–Kier alpha value is -2.51. The van der Waals surface area contributed by atoms with Crippen molar-refractivity contribution in [2.45, 2.75) is 58.8 Å². The van der Waals surface area contributed by atoms with Gasteiger partial charge in [0.05, 0.1) is 5.75 Å². The smallest absolute Gasteiger partial charge is 0.234 e. The first-order valence-electron chi connectivity index (χ1n) is 10.7. The molecule has 3 aromatic rings. The summed E-state index contributed by atoms with van der Waals surface area (Å²) in [6.45, 7) is 10.6. The molecule has 1 N–H and O–H groups in total. The summed E-state index contributed by atoms with van der Waals surface area (Å²) < 4.78 is 8.12. The number of aryl methyl sites for hydroxylation is 3. The van der Waals surface area contributed by atoms with Crippen molar-refractivity contribution in [3.63, 3.8) is 0 Å². The number of anilines is 1. The van der Waals surface area contributed by atoms with E-state index in [-0.39, 0.29) is 17.8 Å². The van der Waals surface area contributed by atoms with E-state index in [1.54, 1.807) is 0 Å². The van der Waals surface area contributed by atoms with Crippen LogP contribution in [-0.2, 0) is 17.8 Å². The molecule has 3 rings (SSSR count). The van der Waals surface area contributed by atoms with Crippen LogP contribution in [0.1, 0.15) is 49.4 Å². The number of ether oxygens (including phenoxy) is 1. The standard InChI is InChI=1S/C24H29ClN4O2S/c1-6-18-10-8-9-11-20(18)26-21(30)14-32-24-28-27-23(29(24)7-2)17(5)31-19-12-15(3)22(25)16(4)13-19/h8-13,17H,6-7,14H2,1-5H3,(H,26,30). The highest BCUT2D eigenvalue weighted by atomic mass is 35.5. The van der Waals surface area contributed by atoms with Crippen molar-refractivity contribution in [3.8, 4) is 5.75 Å². The Kier molecular flexibility index (Phi) is 8.21. The summed E-state index contributed by atoms with van der Waals surface area (Å²) in [6, 6.07) is 11.7. The average Bonchev–Trinajstić information content (AvgIpc) is 3.19. The third-order valence-electron chi connectivity index (χ3n) is 5.15. The molecule has 0 aliphatic rings. The summed E-state index contributed by atoms with van der Waals surface area (Å²) in [4.78, 5) is 12.5. The van der Waals surface area contributed by atoms with Gasteiger partial charge in [0.15, 0.2) is 17.1 Å². The Bertz CT molecular complexity index is 1080. The van der Waals surface area contributed by atoms with E-state index < -0.39 is 0 Å². The molecule has 32 heavy (non-hydrogen) atoms. The van der Waals surface area contributed by atoms with Crippen molar-refractivity contribution < 1.29 is 9.53 Å². The van der Waals surface area contributed by atoms with E-state index in [0.717, 1.165) is 45.4 Å². The van der Waals surface area contributed by atoms with Gasteiger partial charge in [-0.1, -0.05) is 48.5 Å². The third kappa shape index (κ3) is 5.64. The van der Waals surface area contributed by atoms with Crippen LogP contribution in [0.15, 0.2) is 41.6 Å². The second-order valence-electron chi connectivity index (χ2n) is 7.56. The molecule has 0 bridgehead atoms. The molecule has 0 spiro atoms. The molecule has 0 saturated heterocycles. The predicted octanol–water partition coefficient (Wildman–Crippen LogP) is 6.00. The van der Waals surface area contributed by atoms with Crippen molar-refractivity contribution in [2.75, 3.05) is 11.1 Å². The number of nitrogens with one attached hydrogen (secondary N) is 1. The first-order valence-corrected chi connectivity index (χ1v) is 12.1. The van der Waals surface area contributed by atoms with Gasteiger partial charge in [0.1, 0.15) is 5.75 Å². The van der Waals surface area contributed by atoms with Crippen LogP contribution in [0.2, 0.25) is 5.02 Å². The maximum atomic E-state index is 12.5. The number of hydrogen-bond acceptors (Lipinski definition) is 5. The summed E-state index contributed by atoms with van der Waals surface area (Å²) in [7, 11) is 0.